The zero-order valence-electron chi connectivity index (χ0n) is 8.27. The number of nitro benzene ring substituents is 1. The normalized spacial score (nSPS) is 9.56. The molecule has 16 heavy (non-hydrogen) atoms. The molecule has 5 nitrogen and oxygen atoms in total. The molecule has 1 aromatic carbocycles. The summed E-state index contributed by atoms with van der Waals surface area (Å²) < 4.78 is 0.340. The number of amides is 1. The van der Waals surface area contributed by atoms with Gasteiger partial charge < -0.3 is 5.32 Å². The molecule has 0 saturated heterocycles. The maximum atomic E-state index is 11.6. The average Bonchev–Trinajstić information content (AvgIpc) is 2.25. The third-order valence-electron chi connectivity index (χ3n) is 1.83. The van der Waals surface area contributed by atoms with Crippen molar-refractivity contribution in [2.75, 3.05) is 6.54 Å². The van der Waals surface area contributed by atoms with E-state index in [0.29, 0.717) is 15.7 Å². The maximum absolute atomic E-state index is 11.6. The fourth-order valence-electron chi connectivity index (χ4n) is 1.10. The lowest BCUT2D eigenvalue weighted by atomic mass is 10.2. The van der Waals surface area contributed by atoms with Gasteiger partial charge >= 0.3 is 0 Å². The first-order valence-electron chi connectivity index (χ1n) is 4.40. The van der Waals surface area contributed by atoms with Gasteiger partial charge in [0, 0.05) is 12.6 Å². The Morgan fingerprint density at radius 2 is 2.31 bits per heavy atom. The summed E-state index contributed by atoms with van der Waals surface area (Å²) in [4.78, 5) is 21.8. The first kappa shape index (κ1) is 12.6. The summed E-state index contributed by atoms with van der Waals surface area (Å²) in [5.74, 6) is -0.340. The molecule has 1 amide bonds. The Morgan fingerprint density at radius 3 is 2.88 bits per heavy atom. The van der Waals surface area contributed by atoms with Gasteiger partial charge in [-0.05, 0) is 28.7 Å². The van der Waals surface area contributed by atoms with Crippen molar-refractivity contribution in [1.29, 1.82) is 0 Å². The lowest BCUT2D eigenvalue weighted by Gasteiger charge is -2.04. The molecule has 0 unspecified atom stereocenters. The minimum absolute atomic E-state index is 0.0631. The Balaban J connectivity index is 3.05. The Hall–Kier alpha value is -1.44. The highest BCUT2D eigenvalue weighted by Gasteiger charge is 2.18. The molecule has 0 aliphatic rings. The number of nitrogens with zero attached hydrogens (tertiary/aromatic N) is 1. The van der Waals surface area contributed by atoms with Crippen molar-refractivity contribution in [3.8, 4) is 0 Å². The van der Waals surface area contributed by atoms with Crippen LogP contribution in [0.1, 0.15) is 10.4 Å². The highest BCUT2D eigenvalue weighted by Crippen LogP contribution is 2.23. The molecule has 84 valence electrons. The molecule has 0 bridgehead atoms. The second kappa shape index (κ2) is 5.59. The summed E-state index contributed by atoms with van der Waals surface area (Å²) in [6.07, 6.45) is 1.54. The first-order valence-corrected chi connectivity index (χ1v) is 5.47. The van der Waals surface area contributed by atoms with Crippen LogP contribution in [0.3, 0.4) is 0 Å². The van der Waals surface area contributed by atoms with Gasteiger partial charge in [0.05, 0.1) is 10.5 Å². The first-order chi connectivity index (χ1) is 7.57. The van der Waals surface area contributed by atoms with Crippen molar-refractivity contribution < 1.29 is 9.72 Å². The summed E-state index contributed by atoms with van der Waals surface area (Å²) in [5, 5.41) is 13.2. The third-order valence-corrected chi connectivity index (χ3v) is 2.96. The van der Waals surface area contributed by atoms with E-state index in [1.807, 2.05) is 0 Å². The highest BCUT2D eigenvalue weighted by atomic mass is 127. The number of rotatable bonds is 4. The van der Waals surface area contributed by atoms with Crippen LogP contribution in [0.2, 0.25) is 0 Å². The fraction of sp³-hybridized carbons (Fsp3) is 0.100. The number of nitro groups is 1. The van der Waals surface area contributed by atoms with Crippen molar-refractivity contribution in [3.05, 3.63) is 50.1 Å². The predicted octanol–water partition coefficient (Wildman–Crippen LogP) is 2.12. The lowest BCUT2D eigenvalue weighted by molar-refractivity contribution is -0.385. The predicted molar refractivity (Wildman–Crippen MR) is 68.3 cm³/mol. The number of benzene rings is 1. The molecule has 0 radical (unpaired) electrons. The Labute approximate surface area is 106 Å². The highest BCUT2D eigenvalue weighted by molar-refractivity contribution is 14.1. The van der Waals surface area contributed by atoms with E-state index in [-0.39, 0.29) is 11.6 Å². The minimum Gasteiger partial charge on any atom is -0.349 e. The number of nitrogens with one attached hydrogen (secondary N) is 1. The van der Waals surface area contributed by atoms with E-state index < -0.39 is 4.92 Å². The van der Waals surface area contributed by atoms with Crippen LogP contribution in [0, 0.1) is 13.7 Å². The molecule has 1 aromatic rings. The van der Waals surface area contributed by atoms with Crippen molar-refractivity contribution in [1.82, 2.24) is 5.32 Å². The van der Waals surface area contributed by atoms with E-state index in [1.54, 1.807) is 34.7 Å². The van der Waals surface area contributed by atoms with Crippen LogP contribution in [0.5, 0.6) is 0 Å². The van der Waals surface area contributed by atoms with Crippen molar-refractivity contribution >= 4 is 34.2 Å². The van der Waals surface area contributed by atoms with Crippen LogP contribution in [-0.2, 0) is 0 Å². The molecule has 1 rings (SSSR count). The molecule has 1 N–H and O–H groups in total. The Bertz CT molecular complexity index is 446. The van der Waals surface area contributed by atoms with Gasteiger partial charge in [-0.15, -0.1) is 6.58 Å². The molecule has 0 spiro atoms. The smallest absolute Gasteiger partial charge is 0.283 e. The topological polar surface area (TPSA) is 72.2 Å². The van der Waals surface area contributed by atoms with Crippen LogP contribution in [0.4, 0.5) is 5.69 Å². The van der Waals surface area contributed by atoms with Gasteiger partial charge in [0.25, 0.3) is 11.6 Å². The third kappa shape index (κ3) is 2.78. The summed E-state index contributed by atoms with van der Waals surface area (Å²) in [7, 11) is 0. The van der Waals surface area contributed by atoms with E-state index in [1.165, 1.54) is 12.1 Å². The SMILES string of the molecule is C=CCNC(=O)c1cccc([N+](=O)[O-])c1I. The van der Waals surface area contributed by atoms with Crippen LogP contribution in [-0.4, -0.2) is 17.4 Å². The number of hydrogen-bond acceptors (Lipinski definition) is 3. The molecule has 0 heterocycles. The van der Waals surface area contributed by atoms with E-state index in [9.17, 15) is 14.9 Å². The molecular formula is C10H9IN2O3. The van der Waals surface area contributed by atoms with Crippen LogP contribution in [0.25, 0.3) is 0 Å². The summed E-state index contributed by atoms with van der Waals surface area (Å²) in [5.41, 5.74) is 0.239. The second-order valence-corrected chi connectivity index (χ2v) is 3.97. The molecule has 0 aliphatic heterocycles. The van der Waals surface area contributed by atoms with Gasteiger partial charge in [-0.2, -0.15) is 0 Å². The largest absolute Gasteiger partial charge is 0.349 e. The standard InChI is InChI=1S/C10H9IN2O3/c1-2-6-12-10(14)7-4-3-5-8(9(7)11)13(15)16/h2-5H,1,6H2,(H,12,14). The monoisotopic (exact) mass is 332 g/mol. The zero-order valence-corrected chi connectivity index (χ0v) is 10.4. The van der Waals surface area contributed by atoms with Crippen molar-refractivity contribution in [2.24, 2.45) is 0 Å². The molecule has 0 saturated carbocycles. The van der Waals surface area contributed by atoms with Gasteiger partial charge in [-0.25, -0.2) is 0 Å². The minimum atomic E-state index is -0.508. The molecule has 0 aliphatic carbocycles. The zero-order chi connectivity index (χ0) is 12.1. The Kier molecular flexibility index (Phi) is 4.41. The van der Waals surface area contributed by atoms with E-state index >= 15 is 0 Å². The van der Waals surface area contributed by atoms with Crippen molar-refractivity contribution in [2.45, 2.75) is 0 Å². The van der Waals surface area contributed by atoms with Gasteiger partial charge in [0.2, 0.25) is 0 Å². The number of halogens is 1. The van der Waals surface area contributed by atoms with E-state index in [0.717, 1.165) is 0 Å². The average molecular weight is 332 g/mol. The fourth-order valence-corrected chi connectivity index (χ4v) is 1.90. The maximum Gasteiger partial charge on any atom is 0.283 e. The van der Waals surface area contributed by atoms with Crippen molar-refractivity contribution in [3.63, 3.8) is 0 Å². The van der Waals surface area contributed by atoms with Crippen LogP contribution in [0.15, 0.2) is 30.9 Å². The Morgan fingerprint density at radius 1 is 1.62 bits per heavy atom. The molecule has 0 atom stereocenters. The molecule has 0 fully saturated rings. The van der Waals surface area contributed by atoms with Crippen LogP contribution >= 0.6 is 22.6 Å². The summed E-state index contributed by atoms with van der Waals surface area (Å²) in [6.45, 7) is 3.80. The molecule has 0 aromatic heterocycles. The van der Waals surface area contributed by atoms with E-state index in [4.69, 9.17) is 0 Å². The quantitative estimate of drug-likeness (QED) is 0.397. The van der Waals surface area contributed by atoms with Gasteiger partial charge in [0.1, 0.15) is 3.57 Å². The van der Waals surface area contributed by atoms with Crippen LogP contribution < -0.4 is 5.32 Å². The van der Waals surface area contributed by atoms with Gasteiger partial charge in [-0.3, -0.25) is 14.9 Å². The number of carbonyl (C=O) groups is 1. The number of carbonyl (C=O) groups excluding carboxylic acids is 1. The molecule has 6 heteroatoms. The van der Waals surface area contributed by atoms with E-state index in [2.05, 4.69) is 11.9 Å². The summed E-state index contributed by atoms with van der Waals surface area (Å²) in [6, 6.07) is 4.41. The number of hydrogen-bond donors (Lipinski definition) is 1. The molecular weight excluding hydrogens is 323 g/mol. The second-order valence-electron chi connectivity index (χ2n) is 2.89. The van der Waals surface area contributed by atoms with Gasteiger partial charge in [0.15, 0.2) is 0 Å². The lowest BCUT2D eigenvalue weighted by Crippen LogP contribution is -2.24. The van der Waals surface area contributed by atoms with Gasteiger partial charge in [-0.1, -0.05) is 12.1 Å². The summed E-state index contributed by atoms with van der Waals surface area (Å²) >= 11 is 1.79.